The molecule has 1 aromatic rings. The Bertz CT molecular complexity index is 487. The number of nitrogens with one attached hydrogen (secondary N) is 1. The van der Waals surface area contributed by atoms with E-state index >= 15 is 0 Å². The fourth-order valence-electron chi connectivity index (χ4n) is 2.05. The molecule has 21 heavy (non-hydrogen) atoms. The van der Waals surface area contributed by atoms with Crippen LogP contribution in [0.4, 0.5) is 11.4 Å². The van der Waals surface area contributed by atoms with Gasteiger partial charge in [0, 0.05) is 24.0 Å². The fraction of sp³-hybridized carbons (Fsp3) is 0.562. The van der Waals surface area contributed by atoms with Crippen LogP contribution in [0, 0.1) is 6.92 Å². The second-order valence-electron chi connectivity index (χ2n) is 5.77. The zero-order valence-corrected chi connectivity index (χ0v) is 13.4. The highest BCUT2D eigenvalue weighted by atomic mass is 16.4. The number of nitrogens with two attached hydrogens (primary N) is 1. The van der Waals surface area contributed by atoms with E-state index < -0.39 is 5.97 Å². The van der Waals surface area contributed by atoms with Gasteiger partial charge in [0.15, 0.2) is 0 Å². The summed E-state index contributed by atoms with van der Waals surface area (Å²) < 4.78 is 0. The summed E-state index contributed by atoms with van der Waals surface area (Å²) in [4.78, 5) is 13.4. The smallest absolute Gasteiger partial charge is 0.337 e. The van der Waals surface area contributed by atoms with Crippen molar-refractivity contribution in [2.75, 3.05) is 31.2 Å². The normalized spacial score (nSPS) is 11.1. The van der Waals surface area contributed by atoms with E-state index in [9.17, 15) is 4.79 Å². The van der Waals surface area contributed by atoms with E-state index in [0.717, 1.165) is 37.2 Å². The minimum Gasteiger partial charge on any atom is -0.478 e. The van der Waals surface area contributed by atoms with E-state index in [4.69, 9.17) is 10.8 Å². The molecule has 0 aliphatic carbocycles. The van der Waals surface area contributed by atoms with Crippen LogP contribution in [-0.4, -0.2) is 42.2 Å². The van der Waals surface area contributed by atoms with Gasteiger partial charge in [0.2, 0.25) is 0 Å². The predicted molar refractivity (Wildman–Crippen MR) is 88.0 cm³/mol. The van der Waals surface area contributed by atoms with Crippen molar-refractivity contribution in [3.63, 3.8) is 0 Å². The van der Waals surface area contributed by atoms with Crippen molar-refractivity contribution in [1.82, 2.24) is 4.90 Å². The molecule has 5 heteroatoms. The van der Waals surface area contributed by atoms with E-state index in [1.807, 2.05) is 13.0 Å². The second-order valence-corrected chi connectivity index (χ2v) is 5.77. The van der Waals surface area contributed by atoms with E-state index in [0.29, 0.717) is 11.7 Å². The van der Waals surface area contributed by atoms with Gasteiger partial charge in [0.25, 0.3) is 0 Å². The SMILES string of the molecule is Cc1cc(NCCCCN(C)C(C)C)cc(C(=O)O)c1N. The Hall–Kier alpha value is -1.75. The molecule has 0 saturated heterocycles. The van der Waals surface area contributed by atoms with Crippen molar-refractivity contribution in [2.24, 2.45) is 0 Å². The van der Waals surface area contributed by atoms with Gasteiger partial charge in [-0.05, 0) is 64.9 Å². The predicted octanol–water partition coefficient (Wildman–Crippen LogP) is 2.81. The highest BCUT2D eigenvalue weighted by Gasteiger charge is 2.11. The van der Waals surface area contributed by atoms with Crippen molar-refractivity contribution in [2.45, 2.75) is 39.7 Å². The maximum atomic E-state index is 11.1. The molecule has 0 unspecified atom stereocenters. The molecule has 0 radical (unpaired) electrons. The molecule has 0 spiro atoms. The monoisotopic (exact) mass is 293 g/mol. The third kappa shape index (κ3) is 5.27. The lowest BCUT2D eigenvalue weighted by molar-refractivity contribution is 0.0698. The van der Waals surface area contributed by atoms with E-state index in [2.05, 4.69) is 31.1 Å². The van der Waals surface area contributed by atoms with Crippen molar-refractivity contribution < 1.29 is 9.90 Å². The van der Waals surface area contributed by atoms with Crippen molar-refractivity contribution in [3.8, 4) is 0 Å². The molecule has 4 N–H and O–H groups in total. The number of aromatic carboxylic acids is 1. The summed E-state index contributed by atoms with van der Waals surface area (Å²) in [5.41, 5.74) is 7.88. The lowest BCUT2D eigenvalue weighted by atomic mass is 10.1. The van der Waals surface area contributed by atoms with Gasteiger partial charge in [0.1, 0.15) is 0 Å². The van der Waals surface area contributed by atoms with Crippen LogP contribution in [0.1, 0.15) is 42.6 Å². The van der Waals surface area contributed by atoms with Gasteiger partial charge in [0.05, 0.1) is 5.56 Å². The number of benzene rings is 1. The summed E-state index contributed by atoms with van der Waals surface area (Å²) in [6, 6.07) is 4.06. The molecule has 0 aromatic heterocycles. The van der Waals surface area contributed by atoms with Gasteiger partial charge in [-0.25, -0.2) is 4.79 Å². The van der Waals surface area contributed by atoms with Crippen molar-refractivity contribution >= 4 is 17.3 Å². The first kappa shape index (κ1) is 17.3. The standard InChI is InChI=1S/C16H27N3O2/c1-11(2)19(4)8-6-5-7-18-13-9-12(3)15(17)14(10-13)16(20)21/h9-11,18H,5-8,17H2,1-4H3,(H,20,21). The molecule has 1 aromatic carbocycles. The second kappa shape index (κ2) is 7.88. The zero-order valence-electron chi connectivity index (χ0n) is 13.4. The molecule has 5 nitrogen and oxygen atoms in total. The molecular weight excluding hydrogens is 266 g/mol. The molecule has 0 atom stereocenters. The first-order valence-electron chi connectivity index (χ1n) is 7.40. The first-order valence-corrected chi connectivity index (χ1v) is 7.40. The molecule has 0 aliphatic rings. The van der Waals surface area contributed by atoms with Gasteiger partial charge < -0.3 is 21.1 Å². The summed E-state index contributed by atoms with van der Waals surface area (Å²) in [6.07, 6.45) is 2.16. The number of hydrogen-bond acceptors (Lipinski definition) is 4. The summed E-state index contributed by atoms with van der Waals surface area (Å²) in [5.74, 6) is -0.988. The Morgan fingerprint density at radius 3 is 2.62 bits per heavy atom. The summed E-state index contributed by atoms with van der Waals surface area (Å²) in [6.45, 7) is 8.09. The number of carbonyl (C=O) groups is 1. The van der Waals surface area contributed by atoms with Gasteiger partial charge in [-0.15, -0.1) is 0 Å². The Kier molecular flexibility index (Phi) is 6.49. The fourth-order valence-corrected chi connectivity index (χ4v) is 2.05. The van der Waals surface area contributed by atoms with Gasteiger partial charge >= 0.3 is 5.97 Å². The van der Waals surface area contributed by atoms with Crippen molar-refractivity contribution in [3.05, 3.63) is 23.3 Å². The largest absolute Gasteiger partial charge is 0.478 e. The Labute approximate surface area is 127 Å². The number of anilines is 2. The molecule has 0 bridgehead atoms. The number of rotatable bonds is 8. The number of unbranched alkanes of at least 4 members (excludes halogenated alkanes) is 1. The molecule has 0 amide bonds. The third-order valence-corrected chi connectivity index (χ3v) is 3.77. The minimum absolute atomic E-state index is 0.164. The maximum absolute atomic E-state index is 11.1. The van der Waals surface area contributed by atoms with E-state index in [1.165, 1.54) is 0 Å². The van der Waals surface area contributed by atoms with Gasteiger partial charge in [-0.2, -0.15) is 0 Å². The number of carboxylic acids is 1. The van der Waals surface area contributed by atoms with Gasteiger partial charge in [-0.1, -0.05) is 0 Å². The molecule has 118 valence electrons. The lowest BCUT2D eigenvalue weighted by Crippen LogP contribution is -2.27. The number of carboxylic acid groups (broad SMARTS) is 1. The summed E-state index contributed by atoms with van der Waals surface area (Å²) in [7, 11) is 2.13. The average molecular weight is 293 g/mol. The van der Waals surface area contributed by atoms with Crippen molar-refractivity contribution in [1.29, 1.82) is 0 Å². The van der Waals surface area contributed by atoms with Crippen LogP contribution < -0.4 is 11.1 Å². The first-order chi connectivity index (χ1) is 9.82. The van der Waals surface area contributed by atoms with E-state index in [1.54, 1.807) is 6.07 Å². The Balaban J connectivity index is 2.48. The lowest BCUT2D eigenvalue weighted by Gasteiger charge is -2.20. The Morgan fingerprint density at radius 2 is 2.05 bits per heavy atom. The number of aryl methyl sites for hydroxylation is 1. The number of hydrogen-bond donors (Lipinski definition) is 3. The Morgan fingerprint density at radius 1 is 1.38 bits per heavy atom. The van der Waals surface area contributed by atoms with Gasteiger partial charge in [-0.3, -0.25) is 0 Å². The molecule has 0 fully saturated rings. The zero-order chi connectivity index (χ0) is 16.0. The van der Waals surface area contributed by atoms with Crippen LogP contribution in [0.25, 0.3) is 0 Å². The topological polar surface area (TPSA) is 78.6 Å². The quantitative estimate of drug-likeness (QED) is 0.507. The van der Waals surface area contributed by atoms with Crippen LogP contribution in [0.2, 0.25) is 0 Å². The van der Waals surface area contributed by atoms with Crippen LogP contribution in [0.5, 0.6) is 0 Å². The highest BCUT2D eigenvalue weighted by Crippen LogP contribution is 2.22. The molecule has 0 aliphatic heterocycles. The van der Waals surface area contributed by atoms with Crippen LogP contribution >= 0.6 is 0 Å². The molecule has 0 heterocycles. The highest BCUT2D eigenvalue weighted by molar-refractivity contribution is 5.95. The molecule has 1 rings (SSSR count). The third-order valence-electron chi connectivity index (χ3n) is 3.77. The number of nitrogens with zero attached hydrogens (tertiary/aromatic N) is 1. The minimum atomic E-state index is -0.988. The maximum Gasteiger partial charge on any atom is 0.337 e. The van der Waals surface area contributed by atoms with E-state index in [-0.39, 0.29) is 5.56 Å². The average Bonchev–Trinajstić information content (AvgIpc) is 2.41. The summed E-state index contributed by atoms with van der Waals surface area (Å²) in [5, 5.41) is 12.4. The molecular formula is C16H27N3O2. The van der Waals surface area contributed by atoms with Crippen LogP contribution in [-0.2, 0) is 0 Å². The number of nitrogen functional groups attached to an aromatic ring is 1. The van der Waals surface area contributed by atoms with Crippen LogP contribution in [0.3, 0.4) is 0 Å². The summed E-state index contributed by atoms with van der Waals surface area (Å²) >= 11 is 0. The van der Waals surface area contributed by atoms with Crippen LogP contribution in [0.15, 0.2) is 12.1 Å². The molecule has 0 saturated carbocycles.